The van der Waals surface area contributed by atoms with Crippen LogP contribution in [0.2, 0.25) is 0 Å². The van der Waals surface area contributed by atoms with Crippen LogP contribution in [0.3, 0.4) is 0 Å². The zero-order valence-corrected chi connectivity index (χ0v) is 7.29. The van der Waals surface area contributed by atoms with Crippen molar-refractivity contribution in [1.29, 1.82) is 5.26 Å². The molecular weight excluding hydrogens is 178 g/mol. The highest BCUT2D eigenvalue weighted by atomic mass is 16.7. The lowest BCUT2D eigenvalue weighted by Crippen LogP contribution is -2.05. The molecule has 0 radical (unpaired) electrons. The fourth-order valence-electron chi connectivity index (χ4n) is 1.05. The lowest BCUT2D eigenvalue weighted by molar-refractivity contribution is 0.178. The SMILES string of the molecule is N#Cc1ccccc1On1cccn1. The van der Waals surface area contributed by atoms with Gasteiger partial charge in [-0.05, 0) is 18.2 Å². The van der Waals surface area contributed by atoms with E-state index < -0.39 is 0 Å². The van der Waals surface area contributed by atoms with E-state index in [4.69, 9.17) is 10.1 Å². The molecule has 0 unspecified atom stereocenters. The quantitative estimate of drug-likeness (QED) is 0.714. The van der Waals surface area contributed by atoms with Gasteiger partial charge in [0, 0.05) is 0 Å². The molecule has 0 aliphatic carbocycles. The van der Waals surface area contributed by atoms with Crippen LogP contribution in [0.4, 0.5) is 0 Å². The van der Waals surface area contributed by atoms with Gasteiger partial charge in [-0.2, -0.15) is 5.26 Å². The fourth-order valence-corrected chi connectivity index (χ4v) is 1.05. The second kappa shape index (κ2) is 3.62. The first-order valence-electron chi connectivity index (χ1n) is 4.07. The maximum Gasteiger partial charge on any atom is 0.175 e. The third kappa shape index (κ3) is 1.57. The molecule has 0 amide bonds. The Labute approximate surface area is 80.9 Å². The Morgan fingerprint density at radius 2 is 2.14 bits per heavy atom. The summed E-state index contributed by atoms with van der Waals surface area (Å²) in [6.45, 7) is 0. The highest BCUT2D eigenvalue weighted by Gasteiger charge is 2.02. The Bertz CT molecular complexity index is 456. The average molecular weight is 185 g/mol. The van der Waals surface area contributed by atoms with E-state index in [1.54, 1.807) is 42.7 Å². The Hall–Kier alpha value is -2.28. The summed E-state index contributed by atoms with van der Waals surface area (Å²) in [5.41, 5.74) is 0.489. The van der Waals surface area contributed by atoms with Gasteiger partial charge in [0.2, 0.25) is 0 Å². The van der Waals surface area contributed by atoms with Gasteiger partial charge in [0.15, 0.2) is 5.75 Å². The van der Waals surface area contributed by atoms with Crippen molar-refractivity contribution in [2.24, 2.45) is 0 Å². The van der Waals surface area contributed by atoms with Crippen LogP contribution in [0, 0.1) is 11.3 Å². The van der Waals surface area contributed by atoms with Gasteiger partial charge in [0.25, 0.3) is 0 Å². The van der Waals surface area contributed by atoms with E-state index in [-0.39, 0.29) is 0 Å². The number of para-hydroxylation sites is 1. The zero-order chi connectivity index (χ0) is 9.80. The number of nitriles is 1. The van der Waals surface area contributed by atoms with Gasteiger partial charge in [0.05, 0.1) is 18.0 Å². The predicted octanol–water partition coefficient (Wildman–Crippen LogP) is 1.60. The van der Waals surface area contributed by atoms with E-state index in [9.17, 15) is 0 Å². The van der Waals surface area contributed by atoms with Gasteiger partial charge in [-0.1, -0.05) is 12.1 Å². The first-order valence-corrected chi connectivity index (χ1v) is 4.07. The van der Waals surface area contributed by atoms with Crippen molar-refractivity contribution >= 4 is 0 Å². The van der Waals surface area contributed by atoms with E-state index in [0.29, 0.717) is 11.3 Å². The van der Waals surface area contributed by atoms with Gasteiger partial charge >= 0.3 is 0 Å². The molecule has 68 valence electrons. The van der Waals surface area contributed by atoms with Gasteiger partial charge in [-0.25, -0.2) is 0 Å². The third-order valence-corrected chi connectivity index (χ3v) is 1.68. The lowest BCUT2D eigenvalue weighted by atomic mass is 10.2. The minimum atomic E-state index is 0.489. The molecular formula is C10H7N3O. The third-order valence-electron chi connectivity index (χ3n) is 1.68. The number of hydrogen-bond donors (Lipinski definition) is 0. The molecule has 14 heavy (non-hydrogen) atoms. The summed E-state index contributed by atoms with van der Waals surface area (Å²) in [6, 6.07) is 10.8. The van der Waals surface area contributed by atoms with Crippen LogP contribution >= 0.6 is 0 Å². The molecule has 2 rings (SSSR count). The van der Waals surface area contributed by atoms with Crippen molar-refractivity contribution in [3.63, 3.8) is 0 Å². The van der Waals surface area contributed by atoms with Crippen molar-refractivity contribution in [3.05, 3.63) is 48.3 Å². The largest absolute Gasteiger partial charge is 0.357 e. The highest BCUT2D eigenvalue weighted by Crippen LogP contribution is 2.16. The number of benzene rings is 1. The number of rotatable bonds is 2. The summed E-state index contributed by atoms with van der Waals surface area (Å²) >= 11 is 0. The Kier molecular flexibility index (Phi) is 2.15. The molecule has 0 atom stereocenters. The van der Waals surface area contributed by atoms with Crippen LogP contribution in [0.25, 0.3) is 0 Å². The smallest absolute Gasteiger partial charge is 0.175 e. The van der Waals surface area contributed by atoms with E-state index in [2.05, 4.69) is 5.10 Å². The molecule has 0 N–H and O–H groups in total. The minimum absolute atomic E-state index is 0.489. The van der Waals surface area contributed by atoms with Crippen LogP contribution in [0.15, 0.2) is 42.7 Å². The van der Waals surface area contributed by atoms with Gasteiger partial charge in [0.1, 0.15) is 6.07 Å². The Balaban J connectivity index is 2.30. The van der Waals surface area contributed by atoms with Crippen molar-refractivity contribution in [1.82, 2.24) is 9.94 Å². The number of aromatic nitrogens is 2. The average Bonchev–Trinajstić information content (AvgIpc) is 2.71. The van der Waals surface area contributed by atoms with Gasteiger partial charge in [-0.15, -0.1) is 9.94 Å². The van der Waals surface area contributed by atoms with Gasteiger partial charge < -0.3 is 4.84 Å². The predicted molar refractivity (Wildman–Crippen MR) is 49.4 cm³/mol. The Morgan fingerprint density at radius 1 is 1.29 bits per heavy atom. The lowest BCUT2D eigenvalue weighted by Gasteiger charge is -2.04. The first kappa shape index (κ1) is 8.32. The molecule has 4 heteroatoms. The fraction of sp³-hybridized carbons (Fsp3) is 0. The molecule has 0 saturated heterocycles. The first-order chi connectivity index (χ1) is 6.90. The maximum atomic E-state index is 8.79. The maximum absolute atomic E-state index is 8.79. The van der Waals surface area contributed by atoms with Crippen LogP contribution in [-0.2, 0) is 0 Å². The van der Waals surface area contributed by atoms with Gasteiger partial charge in [-0.3, -0.25) is 0 Å². The molecule has 1 aromatic heterocycles. The standard InChI is InChI=1S/C10H7N3O/c11-8-9-4-1-2-5-10(9)14-13-7-3-6-12-13/h1-7H. The Morgan fingerprint density at radius 3 is 2.86 bits per heavy atom. The summed E-state index contributed by atoms with van der Waals surface area (Å²) < 4.78 is 0. The number of nitrogens with zero attached hydrogens (tertiary/aromatic N) is 3. The van der Waals surface area contributed by atoms with E-state index in [1.807, 2.05) is 6.07 Å². The summed E-state index contributed by atoms with van der Waals surface area (Å²) in [6.07, 6.45) is 3.27. The molecule has 0 fully saturated rings. The second-order valence-electron chi connectivity index (χ2n) is 2.61. The van der Waals surface area contributed by atoms with Crippen LogP contribution in [0.5, 0.6) is 5.75 Å². The second-order valence-corrected chi connectivity index (χ2v) is 2.61. The molecule has 1 heterocycles. The molecule has 0 aliphatic rings. The summed E-state index contributed by atoms with van der Waals surface area (Å²) in [5.74, 6) is 0.499. The van der Waals surface area contributed by atoms with Crippen molar-refractivity contribution in [3.8, 4) is 11.8 Å². The highest BCUT2D eigenvalue weighted by molar-refractivity contribution is 5.42. The zero-order valence-electron chi connectivity index (χ0n) is 7.29. The normalized spacial score (nSPS) is 9.36. The topological polar surface area (TPSA) is 50.8 Å². The molecule has 0 aliphatic heterocycles. The monoisotopic (exact) mass is 185 g/mol. The summed E-state index contributed by atoms with van der Waals surface area (Å²) in [4.78, 5) is 6.63. The molecule has 1 aromatic carbocycles. The van der Waals surface area contributed by atoms with E-state index in [1.165, 1.54) is 4.85 Å². The van der Waals surface area contributed by atoms with Crippen molar-refractivity contribution < 1.29 is 4.84 Å². The molecule has 4 nitrogen and oxygen atoms in total. The van der Waals surface area contributed by atoms with Crippen molar-refractivity contribution in [2.75, 3.05) is 0 Å². The van der Waals surface area contributed by atoms with E-state index in [0.717, 1.165) is 0 Å². The van der Waals surface area contributed by atoms with Crippen LogP contribution in [0.1, 0.15) is 5.56 Å². The van der Waals surface area contributed by atoms with Crippen LogP contribution in [-0.4, -0.2) is 9.94 Å². The molecule has 0 spiro atoms. The molecule has 0 bridgehead atoms. The minimum Gasteiger partial charge on any atom is -0.357 e. The molecule has 2 aromatic rings. The number of hydrogen-bond acceptors (Lipinski definition) is 3. The summed E-state index contributed by atoms with van der Waals surface area (Å²) in [7, 11) is 0. The van der Waals surface area contributed by atoms with Crippen LogP contribution < -0.4 is 4.84 Å². The summed E-state index contributed by atoms with van der Waals surface area (Å²) in [5, 5.41) is 12.7. The molecule has 0 saturated carbocycles. The van der Waals surface area contributed by atoms with Crippen molar-refractivity contribution in [2.45, 2.75) is 0 Å². The van der Waals surface area contributed by atoms with E-state index >= 15 is 0 Å².